The minimum atomic E-state index is 0.596. The van der Waals surface area contributed by atoms with Crippen LogP contribution in [0.25, 0.3) is 21.5 Å². The van der Waals surface area contributed by atoms with Gasteiger partial charge in [-0.2, -0.15) is 0 Å². The maximum Gasteiger partial charge on any atom is 0.131 e. The quantitative estimate of drug-likeness (QED) is 0.559. The van der Waals surface area contributed by atoms with Gasteiger partial charge in [0, 0.05) is 11.6 Å². The second-order valence-electron chi connectivity index (χ2n) is 3.58. The lowest BCUT2D eigenvalue weighted by Gasteiger charge is -2.04. The van der Waals surface area contributed by atoms with Gasteiger partial charge in [-0.25, -0.2) is 4.98 Å². The minimum Gasteiger partial charge on any atom is -0.383 e. The third-order valence-electron chi connectivity index (χ3n) is 2.70. The number of nitrogens with zero attached hydrogens (tertiary/aromatic N) is 1. The molecule has 0 aliphatic rings. The zero-order chi connectivity index (χ0) is 10.3. The zero-order valence-corrected chi connectivity index (χ0v) is 8.14. The Morgan fingerprint density at radius 3 is 2.60 bits per heavy atom. The monoisotopic (exact) mass is 194 g/mol. The van der Waals surface area contributed by atoms with Crippen molar-refractivity contribution in [2.24, 2.45) is 0 Å². The van der Waals surface area contributed by atoms with E-state index in [2.05, 4.69) is 23.2 Å². The van der Waals surface area contributed by atoms with Gasteiger partial charge in [0.05, 0.1) is 0 Å². The van der Waals surface area contributed by atoms with Crippen molar-refractivity contribution in [1.82, 2.24) is 4.98 Å². The number of rotatable bonds is 0. The molecule has 0 amide bonds. The Morgan fingerprint density at radius 1 is 0.800 bits per heavy atom. The molecule has 0 atom stereocenters. The Morgan fingerprint density at radius 2 is 1.67 bits per heavy atom. The maximum absolute atomic E-state index is 5.84. The van der Waals surface area contributed by atoms with Gasteiger partial charge in [0.2, 0.25) is 0 Å². The highest BCUT2D eigenvalue weighted by Gasteiger charge is 2.01. The van der Waals surface area contributed by atoms with Crippen molar-refractivity contribution in [2.45, 2.75) is 0 Å². The lowest BCUT2D eigenvalue weighted by atomic mass is 10.0. The molecular weight excluding hydrogens is 184 g/mol. The maximum atomic E-state index is 5.84. The van der Waals surface area contributed by atoms with Gasteiger partial charge in [-0.15, -0.1) is 0 Å². The second-order valence-corrected chi connectivity index (χ2v) is 3.58. The molecule has 72 valence electrons. The summed E-state index contributed by atoms with van der Waals surface area (Å²) in [5.41, 5.74) is 5.84. The molecule has 0 radical (unpaired) electrons. The van der Waals surface area contributed by atoms with Crippen LogP contribution in [0.2, 0.25) is 0 Å². The van der Waals surface area contributed by atoms with Crippen molar-refractivity contribution in [1.29, 1.82) is 0 Å². The Balaban J connectivity index is 2.60. The Bertz CT molecular complexity index is 644. The molecule has 0 fully saturated rings. The molecule has 1 aromatic heterocycles. The molecule has 2 heteroatoms. The van der Waals surface area contributed by atoms with E-state index in [1.54, 1.807) is 6.20 Å². The number of pyridine rings is 1. The number of anilines is 1. The van der Waals surface area contributed by atoms with Gasteiger partial charge in [0.15, 0.2) is 0 Å². The van der Waals surface area contributed by atoms with Gasteiger partial charge in [-0.05, 0) is 22.2 Å². The number of nitrogen functional groups attached to an aromatic ring is 1. The average Bonchev–Trinajstić information content (AvgIpc) is 2.29. The van der Waals surface area contributed by atoms with Crippen molar-refractivity contribution in [3.63, 3.8) is 0 Å². The average molecular weight is 194 g/mol. The number of hydrogen-bond acceptors (Lipinski definition) is 2. The Labute approximate surface area is 87.4 Å². The van der Waals surface area contributed by atoms with E-state index in [9.17, 15) is 0 Å². The number of fused-ring (bicyclic) bond motifs is 3. The standard InChI is InChI=1S/C13H10N2/c14-13-12-6-5-9-3-1-2-4-10(9)11(12)7-8-15-13/h1-8H,(H2,14,15). The summed E-state index contributed by atoms with van der Waals surface area (Å²) in [6.07, 6.45) is 1.75. The first-order valence-electron chi connectivity index (χ1n) is 4.88. The van der Waals surface area contributed by atoms with E-state index in [4.69, 9.17) is 5.73 Å². The largest absolute Gasteiger partial charge is 0.383 e. The molecule has 0 saturated carbocycles. The summed E-state index contributed by atoms with van der Waals surface area (Å²) in [4.78, 5) is 4.09. The van der Waals surface area contributed by atoms with E-state index >= 15 is 0 Å². The predicted octanol–water partition coefficient (Wildman–Crippen LogP) is 2.97. The van der Waals surface area contributed by atoms with Crippen LogP contribution in [0.4, 0.5) is 5.82 Å². The summed E-state index contributed by atoms with van der Waals surface area (Å²) < 4.78 is 0. The molecular formula is C13H10N2. The van der Waals surface area contributed by atoms with Crippen LogP contribution in [0, 0.1) is 0 Å². The Kier molecular flexibility index (Phi) is 1.62. The molecule has 15 heavy (non-hydrogen) atoms. The summed E-state index contributed by atoms with van der Waals surface area (Å²) in [6.45, 7) is 0. The van der Waals surface area contributed by atoms with E-state index < -0.39 is 0 Å². The molecule has 3 rings (SSSR count). The molecule has 0 spiro atoms. The van der Waals surface area contributed by atoms with Crippen LogP contribution in [-0.4, -0.2) is 4.98 Å². The van der Waals surface area contributed by atoms with E-state index in [1.165, 1.54) is 16.2 Å². The third kappa shape index (κ3) is 1.15. The van der Waals surface area contributed by atoms with Crippen LogP contribution < -0.4 is 5.73 Å². The highest BCUT2D eigenvalue weighted by Crippen LogP contribution is 2.27. The normalized spacial score (nSPS) is 10.9. The fourth-order valence-electron chi connectivity index (χ4n) is 1.96. The summed E-state index contributed by atoms with van der Waals surface area (Å²) in [5.74, 6) is 0.596. The Hall–Kier alpha value is -2.09. The van der Waals surface area contributed by atoms with E-state index in [-0.39, 0.29) is 0 Å². The first kappa shape index (κ1) is 8.24. The second kappa shape index (κ2) is 2.95. The minimum absolute atomic E-state index is 0.596. The van der Waals surface area contributed by atoms with Crippen LogP contribution in [0.5, 0.6) is 0 Å². The number of nitrogens with two attached hydrogens (primary N) is 1. The van der Waals surface area contributed by atoms with Crippen molar-refractivity contribution in [2.75, 3.05) is 5.73 Å². The van der Waals surface area contributed by atoms with Crippen LogP contribution in [-0.2, 0) is 0 Å². The summed E-state index contributed by atoms with van der Waals surface area (Å²) in [5, 5.41) is 4.65. The lowest BCUT2D eigenvalue weighted by molar-refractivity contribution is 1.37. The molecule has 3 aromatic rings. The predicted molar refractivity (Wildman–Crippen MR) is 63.7 cm³/mol. The first-order valence-corrected chi connectivity index (χ1v) is 4.88. The SMILES string of the molecule is Nc1nccc2c1ccc1ccccc12. The van der Waals surface area contributed by atoms with Crippen LogP contribution in [0.3, 0.4) is 0 Å². The number of hydrogen-bond donors (Lipinski definition) is 1. The lowest BCUT2D eigenvalue weighted by Crippen LogP contribution is -1.90. The molecule has 2 nitrogen and oxygen atoms in total. The van der Waals surface area contributed by atoms with Crippen molar-refractivity contribution >= 4 is 27.4 Å². The molecule has 0 aliphatic heterocycles. The molecule has 0 saturated heterocycles. The van der Waals surface area contributed by atoms with E-state index in [1.807, 2.05) is 24.3 Å². The highest BCUT2D eigenvalue weighted by atomic mass is 14.8. The molecule has 0 aliphatic carbocycles. The number of benzene rings is 2. The molecule has 2 N–H and O–H groups in total. The number of aromatic nitrogens is 1. The van der Waals surface area contributed by atoms with E-state index in [0.717, 1.165) is 5.39 Å². The van der Waals surface area contributed by atoms with Gasteiger partial charge in [-0.1, -0.05) is 36.4 Å². The van der Waals surface area contributed by atoms with Crippen LogP contribution in [0.1, 0.15) is 0 Å². The molecule has 0 unspecified atom stereocenters. The zero-order valence-electron chi connectivity index (χ0n) is 8.14. The van der Waals surface area contributed by atoms with Crippen molar-refractivity contribution in [3.05, 3.63) is 48.7 Å². The van der Waals surface area contributed by atoms with Gasteiger partial charge >= 0.3 is 0 Å². The van der Waals surface area contributed by atoms with Gasteiger partial charge in [0.1, 0.15) is 5.82 Å². The van der Waals surface area contributed by atoms with Crippen molar-refractivity contribution < 1.29 is 0 Å². The third-order valence-corrected chi connectivity index (χ3v) is 2.70. The van der Waals surface area contributed by atoms with Gasteiger partial charge < -0.3 is 5.73 Å². The summed E-state index contributed by atoms with van der Waals surface area (Å²) >= 11 is 0. The smallest absolute Gasteiger partial charge is 0.131 e. The fraction of sp³-hybridized carbons (Fsp3) is 0. The first-order chi connectivity index (χ1) is 7.36. The topological polar surface area (TPSA) is 38.9 Å². The van der Waals surface area contributed by atoms with Crippen molar-refractivity contribution in [3.8, 4) is 0 Å². The van der Waals surface area contributed by atoms with Gasteiger partial charge in [0.25, 0.3) is 0 Å². The van der Waals surface area contributed by atoms with Gasteiger partial charge in [-0.3, -0.25) is 0 Å². The fourth-order valence-corrected chi connectivity index (χ4v) is 1.96. The molecule has 2 aromatic carbocycles. The van der Waals surface area contributed by atoms with E-state index in [0.29, 0.717) is 5.82 Å². The van der Waals surface area contributed by atoms with Crippen LogP contribution in [0.15, 0.2) is 48.7 Å². The molecule has 1 heterocycles. The summed E-state index contributed by atoms with van der Waals surface area (Å²) in [7, 11) is 0. The highest BCUT2D eigenvalue weighted by molar-refractivity contribution is 6.10. The molecule has 0 bridgehead atoms. The van der Waals surface area contributed by atoms with Crippen LogP contribution >= 0.6 is 0 Å². The summed E-state index contributed by atoms with van der Waals surface area (Å²) in [6, 6.07) is 14.4.